The Morgan fingerprint density at radius 2 is 1.45 bits per heavy atom. The van der Waals surface area contributed by atoms with Gasteiger partial charge in [-0.2, -0.15) is 13.2 Å². The normalized spacial score (nSPS) is 11.9. The predicted octanol–water partition coefficient (Wildman–Crippen LogP) is 5.11. The number of ether oxygens (including phenoxy) is 1. The fourth-order valence-corrected chi connectivity index (χ4v) is 4.22. The second kappa shape index (κ2) is 8.16. The quantitative estimate of drug-likeness (QED) is 0.556. The monoisotopic (exact) mass is 421 g/mol. The van der Waals surface area contributed by atoms with Crippen LogP contribution < -0.4 is 9.04 Å². The van der Waals surface area contributed by atoms with Crippen molar-refractivity contribution in [1.29, 1.82) is 0 Å². The van der Waals surface area contributed by atoms with Crippen LogP contribution in [-0.2, 0) is 22.7 Å². The molecule has 0 saturated heterocycles. The van der Waals surface area contributed by atoms with Crippen LogP contribution >= 0.6 is 0 Å². The molecule has 0 spiro atoms. The lowest BCUT2D eigenvalue weighted by Crippen LogP contribution is -2.30. The van der Waals surface area contributed by atoms with Gasteiger partial charge in [0.15, 0.2) is 0 Å². The minimum absolute atomic E-state index is 0.0859. The SMILES string of the molecule is COc1ccc(N(Cc2ccc(C(F)(F)F)cc2)S(=O)(=O)c2ccccc2)cc1. The summed E-state index contributed by atoms with van der Waals surface area (Å²) < 4.78 is 71.2. The number of halogens is 3. The summed E-state index contributed by atoms with van der Waals surface area (Å²) in [5, 5.41) is 0. The fourth-order valence-electron chi connectivity index (χ4n) is 2.75. The Bertz CT molecular complexity index is 1050. The maximum atomic E-state index is 13.2. The molecule has 0 N–H and O–H groups in total. The summed E-state index contributed by atoms with van der Waals surface area (Å²) in [4.78, 5) is 0.0859. The van der Waals surface area contributed by atoms with E-state index in [0.717, 1.165) is 16.4 Å². The molecule has 152 valence electrons. The van der Waals surface area contributed by atoms with Crippen LogP contribution in [0.2, 0.25) is 0 Å². The van der Waals surface area contributed by atoms with E-state index in [9.17, 15) is 21.6 Å². The lowest BCUT2D eigenvalue weighted by atomic mass is 10.1. The molecule has 0 amide bonds. The summed E-state index contributed by atoms with van der Waals surface area (Å²) in [6.07, 6.45) is -4.45. The zero-order valence-corrected chi connectivity index (χ0v) is 16.2. The standard InChI is InChI=1S/C21H18F3NO3S/c1-28-19-13-11-18(12-14-19)25(29(26,27)20-5-3-2-4-6-20)15-16-7-9-17(10-8-16)21(22,23)24/h2-14H,15H2,1H3. The molecule has 3 rings (SSSR count). The lowest BCUT2D eigenvalue weighted by molar-refractivity contribution is -0.137. The van der Waals surface area contributed by atoms with E-state index in [1.54, 1.807) is 42.5 Å². The van der Waals surface area contributed by atoms with Crippen LogP contribution in [0.3, 0.4) is 0 Å². The number of hydrogen-bond acceptors (Lipinski definition) is 3. The molecular weight excluding hydrogens is 403 g/mol. The Morgan fingerprint density at radius 3 is 1.97 bits per heavy atom. The van der Waals surface area contributed by atoms with Gasteiger partial charge in [0.05, 0.1) is 29.8 Å². The van der Waals surface area contributed by atoms with Crippen LogP contribution in [0.5, 0.6) is 5.75 Å². The van der Waals surface area contributed by atoms with Gasteiger partial charge in [-0.25, -0.2) is 8.42 Å². The molecule has 8 heteroatoms. The van der Waals surface area contributed by atoms with Crippen molar-refractivity contribution in [2.45, 2.75) is 17.6 Å². The molecule has 3 aromatic rings. The van der Waals surface area contributed by atoms with Crippen molar-refractivity contribution in [3.63, 3.8) is 0 Å². The molecule has 0 aromatic heterocycles. The zero-order valence-electron chi connectivity index (χ0n) is 15.4. The van der Waals surface area contributed by atoms with Gasteiger partial charge in [0, 0.05) is 0 Å². The highest BCUT2D eigenvalue weighted by Gasteiger charge is 2.30. The number of anilines is 1. The van der Waals surface area contributed by atoms with Crippen LogP contribution in [0, 0.1) is 0 Å². The molecule has 0 unspecified atom stereocenters. The molecule has 29 heavy (non-hydrogen) atoms. The third-order valence-corrected chi connectivity index (χ3v) is 6.09. The molecule has 0 atom stereocenters. The molecule has 0 aliphatic rings. The molecule has 0 fully saturated rings. The van der Waals surface area contributed by atoms with Crippen LogP contribution in [0.25, 0.3) is 0 Å². The van der Waals surface area contributed by atoms with Gasteiger partial charge in [-0.3, -0.25) is 4.31 Å². The summed E-state index contributed by atoms with van der Waals surface area (Å²) in [6.45, 7) is -0.123. The van der Waals surface area contributed by atoms with Crippen LogP contribution in [0.1, 0.15) is 11.1 Å². The first kappa shape index (κ1) is 20.7. The summed E-state index contributed by atoms with van der Waals surface area (Å²) in [7, 11) is -2.44. The van der Waals surface area contributed by atoms with Crippen molar-refractivity contribution >= 4 is 15.7 Å². The van der Waals surface area contributed by atoms with E-state index in [4.69, 9.17) is 4.74 Å². The number of benzene rings is 3. The Labute approximate surface area is 167 Å². The molecular formula is C21H18F3NO3S. The van der Waals surface area contributed by atoms with Crippen molar-refractivity contribution in [3.05, 3.63) is 90.0 Å². The highest BCUT2D eigenvalue weighted by Crippen LogP contribution is 2.31. The molecule has 0 aliphatic heterocycles. The van der Waals surface area contributed by atoms with Crippen LogP contribution in [-0.4, -0.2) is 15.5 Å². The van der Waals surface area contributed by atoms with E-state index in [1.165, 1.54) is 31.4 Å². The van der Waals surface area contributed by atoms with E-state index in [-0.39, 0.29) is 11.4 Å². The highest BCUT2D eigenvalue weighted by molar-refractivity contribution is 7.92. The van der Waals surface area contributed by atoms with Gasteiger partial charge in [-0.05, 0) is 54.1 Å². The van der Waals surface area contributed by atoms with Gasteiger partial charge in [0.25, 0.3) is 10.0 Å². The van der Waals surface area contributed by atoms with Crippen molar-refractivity contribution < 1.29 is 26.3 Å². The van der Waals surface area contributed by atoms with Gasteiger partial charge in [0.1, 0.15) is 5.75 Å². The fraction of sp³-hybridized carbons (Fsp3) is 0.143. The summed E-state index contributed by atoms with van der Waals surface area (Å²) in [5.41, 5.74) is 0.00559. The predicted molar refractivity (Wildman–Crippen MR) is 104 cm³/mol. The second-order valence-corrected chi connectivity index (χ2v) is 8.08. The lowest BCUT2D eigenvalue weighted by Gasteiger charge is -2.25. The van der Waals surface area contributed by atoms with Gasteiger partial charge in [-0.1, -0.05) is 30.3 Å². The molecule has 4 nitrogen and oxygen atoms in total. The molecule has 0 radical (unpaired) electrons. The maximum absolute atomic E-state index is 13.2. The van der Waals surface area contributed by atoms with Gasteiger partial charge >= 0.3 is 6.18 Å². The average molecular weight is 421 g/mol. The molecule has 3 aromatic carbocycles. The van der Waals surface area contributed by atoms with E-state index in [2.05, 4.69) is 0 Å². The first-order chi connectivity index (χ1) is 13.7. The molecule has 0 saturated carbocycles. The third-order valence-electron chi connectivity index (χ3n) is 4.30. The number of nitrogens with zero attached hydrogens (tertiary/aromatic N) is 1. The maximum Gasteiger partial charge on any atom is 0.416 e. The minimum atomic E-state index is -4.45. The first-order valence-corrected chi connectivity index (χ1v) is 10.0. The zero-order chi connectivity index (χ0) is 21.1. The Hall–Kier alpha value is -3.00. The highest BCUT2D eigenvalue weighted by atomic mass is 32.2. The van der Waals surface area contributed by atoms with E-state index in [1.807, 2.05) is 0 Å². The molecule has 0 heterocycles. The van der Waals surface area contributed by atoms with Gasteiger partial charge in [0.2, 0.25) is 0 Å². The Kier molecular flexibility index (Phi) is 5.83. The third kappa shape index (κ3) is 4.71. The number of methoxy groups -OCH3 is 1. The van der Waals surface area contributed by atoms with Crippen molar-refractivity contribution in [2.75, 3.05) is 11.4 Å². The smallest absolute Gasteiger partial charge is 0.416 e. The Balaban J connectivity index is 2.01. The molecule has 0 aliphatic carbocycles. The number of hydrogen-bond donors (Lipinski definition) is 0. The van der Waals surface area contributed by atoms with Gasteiger partial charge < -0.3 is 4.74 Å². The minimum Gasteiger partial charge on any atom is -0.497 e. The molecule has 0 bridgehead atoms. The van der Waals surface area contributed by atoms with Crippen molar-refractivity contribution in [3.8, 4) is 5.75 Å². The van der Waals surface area contributed by atoms with Crippen molar-refractivity contribution in [2.24, 2.45) is 0 Å². The topological polar surface area (TPSA) is 46.6 Å². The summed E-state index contributed by atoms with van der Waals surface area (Å²) in [5.74, 6) is 0.556. The van der Waals surface area contributed by atoms with E-state index in [0.29, 0.717) is 17.0 Å². The van der Waals surface area contributed by atoms with E-state index >= 15 is 0 Å². The van der Waals surface area contributed by atoms with Crippen LogP contribution in [0.15, 0.2) is 83.8 Å². The number of sulfonamides is 1. The summed E-state index contributed by atoms with van der Waals surface area (Å²) >= 11 is 0. The second-order valence-electron chi connectivity index (χ2n) is 6.22. The van der Waals surface area contributed by atoms with Gasteiger partial charge in [-0.15, -0.1) is 0 Å². The largest absolute Gasteiger partial charge is 0.497 e. The summed E-state index contributed by atoms with van der Waals surface area (Å²) in [6, 6.07) is 18.7. The van der Waals surface area contributed by atoms with E-state index < -0.39 is 21.8 Å². The average Bonchev–Trinajstić information content (AvgIpc) is 2.72. The van der Waals surface area contributed by atoms with Crippen LogP contribution in [0.4, 0.5) is 18.9 Å². The number of rotatable bonds is 6. The number of alkyl halides is 3. The van der Waals surface area contributed by atoms with Crippen molar-refractivity contribution in [1.82, 2.24) is 0 Å². The first-order valence-electron chi connectivity index (χ1n) is 8.60. The Morgan fingerprint density at radius 1 is 0.862 bits per heavy atom.